The first-order valence-corrected chi connectivity index (χ1v) is 13.8. The summed E-state index contributed by atoms with van der Waals surface area (Å²) < 4.78 is 42.3. The molecule has 0 aromatic heterocycles. The van der Waals surface area contributed by atoms with Crippen LogP contribution in [0.4, 0.5) is 4.39 Å². The Hall–Kier alpha value is -3.11. The molecule has 0 bridgehead atoms. The lowest BCUT2D eigenvalue weighted by Gasteiger charge is -2.31. The third-order valence-electron chi connectivity index (χ3n) is 7.42. The maximum absolute atomic E-state index is 15.1. The van der Waals surface area contributed by atoms with E-state index in [9.17, 15) is 22.8 Å². The van der Waals surface area contributed by atoms with Gasteiger partial charge in [0.1, 0.15) is 11.9 Å². The Morgan fingerprint density at radius 3 is 2.42 bits per heavy atom. The van der Waals surface area contributed by atoms with Gasteiger partial charge in [-0.15, -0.1) is 0 Å². The zero-order valence-electron chi connectivity index (χ0n) is 19.8. The normalized spacial score (nSPS) is 21.5. The largest absolute Gasteiger partial charge is 0.322 e. The highest BCUT2D eigenvalue weighted by Crippen LogP contribution is 2.36. The first kappa shape index (κ1) is 24.6. The van der Waals surface area contributed by atoms with Crippen molar-refractivity contribution in [1.82, 2.24) is 14.5 Å². The van der Waals surface area contributed by atoms with Crippen LogP contribution >= 0.6 is 0 Å². The van der Waals surface area contributed by atoms with E-state index in [1.807, 2.05) is 30.3 Å². The first-order chi connectivity index (χ1) is 17.2. The van der Waals surface area contributed by atoms with Crippen LogP contribution in [-0.2, 0) is 32.6 Å². The first-order valence-electron chi connectivity index (χ1n) is 12.2. The van der Waals surface area contributed by atoms with Gasteiger partial charge in [-0.1, -0.05) is 36.4 Å². The van der Waals surface area contributed by atoms with Crippen molar-refractivity contribution in [3.63, 3.8) is 0 Å². The number of imide groups is 1. The molecule has 3 heterocycles. The summed E-state index contributed by atoms with van der Waals surface area (Å²) in [6, 6.07) is 11.7. The number of sulfonamides is 1. The number of carbonyl (C=O) groups is 3. The number of nitrogens with zero attached hydrogens (tertiary/aromatic N) is 2. The lowest BCUT2D eigenvalue weighted by molar-refractivity contribution is -0.136. The molecular formula is C26H28FN3O5S. The molecule has 190 valence electrons. The van der Waals surface area contributed by atoms with E-state index < -0.39 is 33.7 Å². The minimum Gasteiger partial charge on any atom is -0.322 e. The van der Waals surface area contributed by atoms with Gasteiger partial charge >= 0.3 is 0 Å². The summed E-state index contributed by atoms with van der Waals surface area (Å²) in [5.41, 5.74) is 2.34. The van der Waals surface area contributed by atoms with E-state index >= 15 is 4.39 Å². The number of rotatable bonds is 6. The lowest BCUT2D eigenvalue weighted by Crippen LogP contribution is -2.52. The Morgan fingerprint density at radius 2 is 1.72 bits per heavy atom. The SMILES string of the molecule is O=C1CCC(N2Cc3cc(C4CCN(S(=O)(=O)CCc5ccccc5)CC4)c(F)cc3C2=O)C(=O)N1. The molecule has 0 spiro atoms. The Kier molecular flexibility index (Phi) is 6.65. The fourth-order valence-electron chi connectivity index (χ4n) is 5.39. The molecule has 8 nitrogen and oxygen atoms in total. The second kappa shape index (κ2) is 9.74. The van der Waals surface area contributed by atoms with Crippen molar-refractivity contribution in [2.45, 2.75) is 50.6 Å². The van der Waals surface area contributed by atoms with Crippen molar-refractivity contribution in [2.24, 2.45) is 0 Å². The number of aryl methyl sites for hydroxylation is 1. The van der Waals surface area contributed by atoms with Gasteiger partial charge in [-0.05, 0) is 54.4 Å². The average Bonchev–Trinajstić information content (AvgIpc) is 3.18. The van der Waals surface area contributed by atoms with Crippen LogP contribution in [0.2, 0.25) is 0 Å². The summed E-state index contributed by atoms with van der Waals surface area (Å²) in [4.78, 5) is 38.0. The van der Waals surface area contributed by atoms with Crippen molar-refractivity contribution >= 4 is 27.7 Å². The highest BCUT2D eigenvalue weighted by molar-refractivity contribution is 7.89. The van der Waals surface area contributed by atoms with E-state index in [4.69, 9.17) is 0 Å². The number of hydrogen-bond donors (Lipinski definition) is 1. The summed E-state index contributed by atoms with van der Waals surface area (Å²) in [6.45, 7) is 0.819. The molecule has 0 aliphatic carbocycles. The van der Waals surface area contributed by atoms with Crippen molar-refractivity contribution in [1.29, 1.82) is 0 Å². The molecule has 1 unspecified atom stereocenters. The fourth-order valence-corrected chi connectivity index (χ4v) is 6.91. The van der Waals surface area contributed by atoms with E-state index in [-0.39, 0.29) is 42.5 Å². The molecule has 3 amide bonds. The third kappa shape index (κ3) is 4.79. The number of halogens is 1. The summed E-state index contributed by atoms with van der Waals surface area (Å²) in [7, 11) is -3.42. The minimum atomic E-state index is -3.42. The number of carbonyl (C=O) groups excluding carboxylic acids is 3. The van der Waals surface area contributed by atoms with Gasteiger partial charge in [0.05, 0.1) is 5.75 Å². The number of benzene rings is 2. The monoisotopic (exact) mass is 513 g/mol. The van der Waals surface area contributed by atoms with E-state index in [0.717, 1.165) is 5.56 Å². The predicted octanol–water partition coefficient (Wildman–Crippen LogP) is 2.34. The van der Waals surface area contributed by atoms with Crippen molar-refractivity contribution in [3.8, 4) is 0 Å². The molecule has 3 aliphatic heterocycles. The zero-order chi connectivity index (χ0) is 25.4. The number of amides is 3. The Balaban J connectivity index is 1.24. The van der Waals surface area contributed by atoms with Crippen molar-refractivity contribution in [2.75, 3.05) is 18.8 Å². The van der Waals surface area contributed by atoms with Gasteiger partial charge in [0, 0.05) is 31.6 Å². The van der Waals surface area contributed by atoms with Crippen LogP contribution in [0.5, 0.6) is 0 Å². The standard InChI is InChI=1S/C26H28FN3O5S/c27-22-15-21-19(16-30(26(21)33)23-6-7-24(31)28-25(23)32)14-20(22)18-8-11-29(12-9-18)36(34,35)13-10-17-4-2-1-3-5-17/h1-5,14-15,18,23H,6-13,16H2,(H,28,31,32). The maximum atomic E-state index is 15.1. The smallest absolute Gasteiger partial charge is 0.255 e. The van der Waals surface area contributed by atoms with Crippen LogP contribution in [0.25, 0.3) is 0 Å². The van der Waals surface area contributed by atoms with Gasteiger partial charge in [-0.3, -0.25) is 19.7 Å². The molecule has 0 saturated carbocycles. The second-order valence-corrected chi connectivity index (χ2v) is 11.7. The third-order valence-corrected chi connectivity index (χ3v) is 9.29. The fraction of sp³-hybridized carbons (Fsp3) is 0.423. The summed E-state index contributed by atoms with van der Waals surface area (Å²) >= 11 is 0. The van der Waals surface area contributed by atoms with Crippen LogP contribution in [0, 0.1) is 5.82 Å². The average molecular weight is 514 g/mol. The Morgan fingerprint density at radius 1 is 1.00 bits per heavy atom. The molecule has 1 N–H and O–H groups in total. The highest BCUT2D eigenvalue weighted by Gasteiger charge is 2.40. The van der Waals surface area contributed by atoms with E-state index in [1.54, 1.807) is 6.07 Å². The number of piperidine rings is 2. The molecule has 3 aliphatic rings. The molecule has 5 rings (SSSR count). The zero-order valence-corrected chi connectivity index (χ0v) is 20.6. The van der Waals surface area contributed by atoms with E-state index in [1.165, 1.54) is 15.3 Å². The van der Waals surface area contributed by atoms with Gasteiger partial charge in [0.2, 0.25) is 21.8 Å². The van der Waals surface area contributed by atoms with Crippen LogP contribution < -0.4 is 5.32 Å². The highest BCUT2D eigenvalue weighted by atomic mass is 32.2. The molecule has 1 atom stereocenters. The Bertz CT molecular complexity index is 1310. The summed E-state index contributed by atoms with van der Waals surface area (Å²) in [5, 5.41) is 2.26. The number of nitrogens with one attached hydrogen (secondary N) is 1. The molecule has 2 aromatic rings. The van der Waals surface area contributed by atoms with E-state index in [2.05, 4.69) is 5.32 Å². The Labute approximate surface area is 209 Å². The summed E-state index contributed by atoms with van der Waals surface area (Å²) in [5.74, 6) is -1.89. The minimum absolute atomic E-state index is 0.0349. The summed E-state index contributed by atoms with van der Waals surface area (Å²) in [6.07, 6.45) is 1.83. The number of fused-ring (bicyclic) bond motifs is 1. The van der Waals surface area contributed by atoms with Gasteiger partial charge in [0.25, 0.3) is 5.91 Å². The van der Waals surface area contributed by atoms with Crippen molar-refractivity contribution in [3.05, 3.63) is 70.5 Å². The molecular weight excluding hydrogens is 485 g/mol. The van der Waals surface area contributed by atoms with Crippen LogP contribution in [0.15, 0.2) is 42.5 Å². The van der Waals surface area contributed by atoms with Gasteiger partial charge in [-0.2, -0.15) is 0 Å². The molecule has 2 aromatic carbocycles. The van der Waals surface area contributed by atoms with Gasteiger partial charge < -0.3 is 4.90 Å². The van der Waals surface area contributed by atoms with Crippen LogP contribution in [0.3, 0.4) is 0 Å². The lowest BCUT2D eigenvalue weighted by atomic mass is 9.88. The van der Waals surface area contributed by atoms with Crippen LogP contribution in [-0.4, -0.2) is 60.2 Å². The van der Waals surface area contributed by atoms with Gasteiger partial charge in [0.15, 0.2) is 0 Å². The molecule has 36 heavy (non-hydrogen) atoms. The molecule has 0 radical (unpaired) electrons. The maximum Gasteiger partial charge on any atom is 0.255 e. The van der Waals surface area contributed by atoms with Crippen molar-refractivity contribution < 1.29 is 27.2 Å². The van der Waals surface area contributed by atoms with E-state index in [0.29, 0.717) is 43.5 Å². The van der Waals surface area contributed by atoms with Crippen LogP contribution in [0.1, 0.15) is 58.6 Å². The molecule has 2 saturated heterocycles. The second-order valence-electron chi connectivity index (χ2n) is 9.66. The predicted molar refractivity (Wildman–Crippen MR) is 130 cm³/mol. The molecule has 10 heteroatoms. The van der Waals surface area contributed by atoms with Gasteiger partial charge in [-0.25, -0.2) is 17.1 Å². The topological polar surface area (TPSA) is 104 Å². The number of hydrogen-bond acceptors (Lipinski definition) is 5. The molecule has 2 fully saturated rings. The quantitative estimate of drug-likeness (QED) is 0.598.